The lowest BCUT2D eigenvalue weighted by molar-refractivity contribution is -0.0866. The van der Waals surface area contributed by atoms with Gasteiger partial charge in [-0.1, -0.05) is 19.9 Å². The van der Waals surface area contributed by atoms with Crippen LogP contribution in [0.4, 0.5) is 8.78 Å². The molecule has 0 radical (unpaired) electrons. The third-order valence-electron chi connectivity index (χ3n) is 7.51. The lowest BCUT2D eigenvalue weighted by Crippen LogP contribution is -2.55. The quantitative estimate of drug-likeness (QED) is 0.786. The van der Waals surface area contributed by atoms with Crippen molar-refractivity contribution in [3.63, 3.8) is 0 Å². The zero-order chi connectivity index (χ0) is 19.7. The van der Waals surface area contributed by atoms with Gasteiger partial charge in [-0.25, -0.2) is 8.78 Å². The highest BCUT2D eigenvalue weighted by Crippen LogP contribution is 2.69. The van der Waals surface area contributed by atoms with Crippen LogP contribution in [0.15, 0.2) is 24.3 Å². The van der Waals surface area contributed by atoms with E-state index in [9.17, 15) is 8.78 Å². The second-order valence-electron chi connectivity index (χ2n) is 9.04. The highest BCUT2D eigenvalue weighted by atomic mass is 19.1. The summed E-state index contributed by atoms with van der Waals surface area (Å²) in [5, 5.41) is 8.87. The van der Waals surface area contributed by atoms with Gasteiger partial charge in [-0.05, 0) is 55.0 Å². The zero-order valence-electron chi connectivity index (χ0n) is 16.5. The molecule has 2 bridgehead atoms. The summed E-state index contributed by atoms with van der Waals surface area (Å²) >= 11 is 0. The molecule has 28 heavy (non-hydrogen) atoms. The molecule has 148 valence electrons. The van der Waals surface area contributed by atoms with Gasteiger partial charge in [0.2, 0.25) is 0 Å². The third-order valence-corrected chi connectivity index (χ3v) is 7.51. The topological polar surface area (TPSA) is 38.2 Å². The highest BCUT2D eigenvalue weighted by molar-refractivity contribution is 5.63. The van der Waals surface area contributed by atoms with Gasteiger partial charge >= 0.3 is 0 Å². The van der Waals surface area contributed by atoms with Crippen molar-refractivity contribution in [3.8, 4) is 11.3 Å². The van der Waals surface area contributed by atoms with Crippen LogP contribution < -0.4 is 0 Å². The molecule has 2 aliphatic carbocycles. The number of nitrogens with zero attached hydrogens (tertiary/aromatic N) is 3. The first-order valence-electron chi connectivity index (χ1n) is 9.99. The summed E-state index contributed by atoms with van der Waals surface area (Å²) in [6.45, 7) is 7.08. The van der Waals surface area contributed by atoms with Crippen molar-refractivity contribution >= 4 is 0 Å². The molecule has 0 N–H and O–H groups in total. The first kappa shape index (κ1) is 18.1. The minimum Gasteiger partial charge on any atom is -0.375 e. The van der Waals surface area contributed by atoms with E-state index in [1.807, 2.05) is 6.07 Å². The maximum atomic E-state index is 14.3. The molecule has 2 heterocycles. The molecule has 1 saturated heterocycles. The van der Waals surface area contributed by atoms with Crippen LogP contribution >= 0.6 is 0 Å². The van der Waals surface area contributed by atoms with Crippen molar-refractivity contribution in [1.82, 2.24) is 15.1 Å². The van der Waals surface area contributed by atoms with Crippen LogP contribution in [-0.2, 0) is 10.2 Å². The van der Waals surface area contributed by atoms with Crippen LogP contribution in [-0.4, -0.2) is 47.9 Å². The van der Waals surface area contributed by atoms with E-state index in [2.05, 4.69) is 36.0 Å². The summed E-state index contributed by atoms with van der Waals surface area (Å²) in [5.41, 5.74) is 1.98. The Kier molecular flexibility index (Phi) is 3.91. The molecule has 1 aromatic heterocycles. The van der Waals surface area contributed by atoms with Crippen LogP contribution in [0.3, 0.4) is 0 Å². The first-order valence-corrected chi connectivity index (χ1v) is 9.99. The number of aromatic nitrogens is 2. The fraction of sp³-hybridized carbons (Fsp3) is 0.545. The average Bonchev–Trinajstić information content (AvgIpc) is 3.03. The lowest BCUT2D eigenvalue weighted by Gasteiger charge is -2.47. The van der Waals surface area contributed by atoms with Gasteiger partial charge in [0.15, 0.2) is 0 Å². The average molecular weight is 385 g/mol. The van der Waals surface area contributed by atoms with Crippen molar-refractivity contribution < 1.29 is 13.5 Å². The second kappa shape index (κ2) is 6.04. The number of fused-ring (bicyclic) bond motifs is 5. The molecule has 5 rings (SSSR count). The minimum absolute atomic E-state index is 0.0424. The van der Waals surface area contributed by atoms with Crippen LogP contribution in [0, 0.1) is 17.0 Å². The van der Waals surface area contributed by atoms with Gasteiger partial charge in [0.05, 0.1) is 29.7 Å². The van der Waals surface area contributed by atoms with E-state index in [4.69, 9.17) is 4.74 Å². The summed E-state index contributed by atoms with van der Waals surface area (Å²) in [7, 11) is 2.12. The molecular formula is C22H25F2N3O. The largest absolute Gasteiger partial charge is 0.375 e. The fourth-order valence-corrected chi connectivity index (χ4v) is 6.02. The molecule has 1 aliphatic heterocycles. The van der Waals surface area contributed by atoms with Gasteiger partial charge < -0.3 is 9.64 Å². The summed E-state index contributed by atoms with van der Waals surface area (Å²) in [5.74, 6) is -0.922. The van der Waals surface area contributed by atoms with Crippen molar-refractivity contribution in [2.75, 3.05) is 26.7 Å². The Morgan fingerprint density at radius 1 is 1.18 bits per heavy atom. The van der Waals surface area contributed by atoms with Crippen LogP contribution in [0.25, 0.3) is 11.3 Å². The summed E-state index contributed by atoms with van der Waals surface area (Å²) in [4.78, 5) is 2.31. The van der Waals surface area contributed by atoms with E-state index in [-0.39, 0.29) is 28.2 Å². The highest BCUT2D eigenvalue weighted by Gasteiger charge is 2.67. The first-order chi connectivity index (χ1) is 13.4. The van der Waals surface area contributed by atoms with Crippen molar-refractivity contribution in [3.05, 3.63) is 47.2 Å². The SMILES string of the molecule is CN1CCO[C@@H]([C@@]23CC[C@@H](c4cc(-c5c(F)cccc5F)nnc42)C3(C)C)C1. The van der Waals surface area contributed by atoms with E-state index in [1.54, 1.807) is 0 Å². The number of benzene rings is 1. The van der Waals surface area contributed by atoms with Gasteiger partial charge in [0.25, 0.3) is 0 Å². The molecule has 6 heteroatoms. The molecule has 2 aromatic rings. The van der Waals surface area contributed by atoms with E-state index in [0.29, 0.717) is 12.5 Å². The van der Waals surface area contributed by atoms with Crippen LogP contribution in [0.2, 0.25) is 0 Å². The maximum Gasteiger partial charge on any atom is 0.135 e. The van der Waals surface area contributed by atoms with Crippen molar-refractivity contribution in [1.29, 1.82) is 0 Å². The predicted molar refractivity (Wildman–Crippen MR) is 102 cm³/mol. The molecule has 3 atom stereocenters. The Labute approximate surface area is 163 Å². The second-order valence-corrected chi connectivity index (χ2v) is 9.04. The number of hydrogen-bond donors (Lipinski definition) is 0. The molecule has 3 aliphatic rings. The van der Waals surface area contributed by atoms with Gasteiger partial charge in [-0.15, -0.1) is 0 Å². The van der Waals surface area contributed by atoms with Gasteiger partial charge in [0, 0.05) is 18.5 Å². The Morgan fingerprint density at radius 2 is 1.93 bits per heavy atom. The smallest absolute Gasteiger partial charge is 0.135 e. The number of rotatable bonds is 2. The van der Waals surface area contributed by atoms with Gasteiger partial charge in [-0.2, -0.15) is 10.2 Å². The molecule has 2 fully saturated rings. The summed E-state index contributed by atoms with van der Waals surface area (Å²) in [6.07, 6.45) is 2.10. The van der Waals surface area contributed by atoms with Crippen molar-refractivity contribution in [2.24, 2.45) is 5.41 Å². The lowest BCUT2D eigenvalue weighted by atomic mass is 9.64. The normalized spacial score (nSPS) is 31.2. The van der Waals surface area contributed by atoms with E-state index >= 15 is 0 Å². The Bertz CT molecular complexity index is 927. The molecule has 0 unspecified atom stereocenters. The molecule has 0 spiro atoms. The number of ether oxygens (including phenoxy) is 1. The molecule has 1 aromatic carbocycles. The van der Waals surface area contributed by atoms with Crippen molar-refractivity contribution in [2.45, 2.75) is 44.1 Å². The number of halogens is 2. The summed E-state index contributed by atoms with van der Waals surface area (Å²) in [6, 6.07) is 5.75. The molecule has 1 saturated carbocycles. The minimum atomic E-state index is -0.608. The standard InChI is InChI=1S/C22H25F2N3O/c1-21(2)14-7-8-22(21,18-12-27(3)9-10-28-18)20-13(14)11-17(25-26-20)19-15(23)5-4-6-16(19)24/h4-6,11,14,18H,7-10,12H2,1-3H3/t14-,18+,22-/m0/s1. The maximum absolute atomic E-state index is 14.3. The number of hydrogen-bond acceptors (Lipinski definition) is 4. The monoisotopic (exact) mass is 385 g/mol. The van der Waals surface area contributed by atoms with Gasteiger partial charge in [-0.3, -0.25) is 0 Å². The Morgan fingerprint density at radius 3 is 2.64 bits per heavy atom. The molecule has 0 amide bonds. The Balaban J connectivity index is 1.65. The fourth-order valence-electron chi connectivity index (χ4n) is 6.02. The molecular weight excluding hydrogens is 360 g/mol. The zero-order valence-corrected chi connectivity index (χ0v) is 16.5. The predicted octanol–water partition coefficient (Wildman–Crippen LogP) is 3.91. The number of morpholine rings is 1. The van der Waals surface area contributed by atoms with E-state index in [0.717, 1.165) is 37.2 Å². The van der Waals surface area contributed by atoms with Crippen LogP contribution in [0.5, 0.6) is 0 Å². The van der Waals surface area contributed by atoms with Crippen LogP contribution in [0.1, 0.15) is 43.9 Å². The van der Waals surface area contributed by atoms with Gasteiger partial charge in [0.1, 0.15) is 11.6 Å². The summed E-state index contributed by atoms with van der Waals surface area (Å²) < 4.78 is 34.9. The van der Waals surface area contributed by atoms with E-state index in [1.165, 1.54) is 18.2 Å². The third kappa shape index (κ3) is 2.22. The molecule has 4 nitrogen and oxygen atoms in total. The number of likely N-dealkylation sites (N-methyl/N-ethyl adjacent to an activating group) is 1. The van der Waals surface area contributed by atoms with E-state index < -0.39 is 11.6 Å². The Hall–Kier alpha value is -1.92.